The summed E-state index contributed by atoms with van der Waals surface area (Å²) in [6, 6.07) is 7.82. The van der Waals surface area contributed by atoms with Crippen LogP contribution in [0.4, 0.5) is 0 Å². The summed E-state index contributed by atoms with van der Waals surface area (Å²) in [5.41, 5.74) is 2.36. The minimum atomic E-state index is -0.564. The van der Waals surface area contributed by atoms with Gasteiger partial charge in [-0.25, -0.2) is 4.79 Å². The van der Waals surface area contributed by atoms with Gasteiger partial charge in [0.05, 0.1) is 19.7 Å². The first-order chi connectivity index (χ1) is 13.4. The van der Waals surface area contributed by atoms with Crippen molar-refractivity contribution in [2.75, 3.05) is 26.3 Å². The highest BCUT2D eigenvalue weighted by Crippen LogP contribution is 2.28. The topological polar surface area (TPSA) is 69.0 Å². The zero-order valence-electron chi connectivity index (χ0n) is 16.5. The number of aryl methyl sites for hydroxylation is 3. The van der Waals surface area contributed by atoms with Gasteiger partial charge in [0.2, 0.25) is 0 Å². The van der Waals surface area contributed by atoms with E-state index < -0.39 is 5.63 Å². The third-order valence-corrected chi connectivity index (χ3v) is 5.54. The molecule has 1 aromatic heterocycles. The van der Waals surface area contributed by atoms with Gasteiger partial charge in [0.25, 0.3) is 5.91 Å². The molecule has 28 heavy (non-hydrogen) atoms. The number of ether oxygens (including phenoxy) is 2. The second-order valence-electron chi connectivity index (χ2n) is 7.73. The zero-order chi connectivity index (χ0) is 19.8. The largest absolute Gasteiger partial charge is 0.486 e. The third kappa shape index (κ3) is 3.44. The highest BCUT2D eigenvalue weighted by molar-refractivity contribution is 5.95. The van der Waals surface area contributed by atoms with Gasteiger partial charge in [0.1, 0.15) is 23.2 Å². The van der Waals surface area contributed by atoms with Crippen molar-refractivity contribution in [3.63, 3.8) is 0 Å². The Hall–Kier alpha value is -2.60. The Kier molecular flexibility index (Phi) is 4.98. The molecule has 0 spiro atoms. The van der Waals surface area contributed by atoms with Gasteiger partial charge >= 0.3 is 5.63 Å². The normalized spacial score (nSPS) is 19.5. The number of rotatable bonds is 4. The molecule has 4 rings (SSSR count). The number of benzene rings is 1. The number of hydrogen-bond donors (Lipinski definition) is 0. The maximum Gasteiger partial charge on any atom is 0.349 e. The predicted molar refractivity (Wildman–Crippen MR) is 104 cm³/mol. The Morgan fingerprint density at radius 2 is 1.86 bits per heavy atom. The summed E-state index contributed by atoms with van der Waals surface area (Å²) in [6.45, 7) is 7.95. The lowest BCUT2D eigenvalue weighted by molar-refractivity contribution is 0.0169. The van der Waals surface area contributed by atoms with E-state index in [1.54, 1.807) is 17.9 Å². The molecule has 2 fully saturated rings. The monoisotopic (exact) mass is 383 g/mol. The Bertz CT molecular complexity index is 932. The molecule has 0 aliphatic carbocycles. The van der Waals surface area contributed by atoms with Crippen molar-refractivity contribution in [3.05, 3.63) is 62.7 Å². The van der Waals surface area contributed by atoms with Crippen molar-refractivity contribution in [2.45, 2.75) is 39.2 Å². The minimum Gasteiger partial charge on any atom is -0.486 e. The van der Waals surface area contributed by atoms with E-state index in [-0.39, 0.29) is 23.5 Å². The van der Waals surface area contributed by atoms with Crippen molar-refractivity contribution >= 4 is 5.91 Å². The van der Waals surface area contributed by atoms with Crippen LogP contribution in [-0.2, 0) is 4.74 Å². The lowest BCUT2D eigenvalue weighted by Gasteiger charge is -2.39. The number of carbonyl (C=O) groups is 1. The number of para-hydroxylation sites is 1. The quantitative estimate of drug-likeness (QED) is 0.812. The first-order valence-electron chi connectivity index (χ1n) is 9.68. The Morgan fingerprint density at radius 1 is 1.14 bits per heavy atom. The van der Waals surface area contributed by atoms with Crippen LogP contribution in [0.2, 0.25) is 0 Å². The Morgan fingerprint density at radius 3 is 2.46 bits per heavy atom. The van der Waals surface area contributed by atoms with Crippen LogP contribution < -0.4 is 10.4 Å². The molecule has 1 aromatic carbocycles. The van der Waals surface area contributed by atoms with Crippen LogP contribution in [0, 0.1) is 20.8 Å². The first-order valence-corrected chi connectivity index (χ1v) is 9.68. The molecule has 6 heteroatoms. The molecule has 0 N–H and O–H groups in total. The molecule has 0 saturated carbocycles. The van der Waals surface area contributed by atoms with Gasteiger partial charge in [0, 0.05) is 12.5 Å². The van der Waals surface area contributed by atoms with E-state index in [9.17, 15) is 9.59 Å². The van der Waals surface area contributed by atoms with Gasteiger partial charge in [-0.05, 0) is 49.9 Å². The van der Waals surface area contributed by atoms with E-state index >= 15 is 0 Å². The first kappa shape index (κ1) is 18.7. The fourth-order valence-corrected chi connectivity index (χ4v) is 3.84. The van der Waals surface area contributed by atoms with E-state index in [0.29, 0.717) is 37.6 Å². The van der Waals surface area contributed by atoms with Crippen LogP contribution >= 0.6 is 0 Å². The molecule has 148 valence electrons. The summed E-state index contributed by atoms with van der Waals surface area (Å²) in [6.07, 6.45) is 0.769. The molecule has 2 aliphatic heterocycles. The molecule has 1 unspecified atom stereocenters. The summed E-state index contributed by atoms with van der Waals surface area (Å²) < 4.78 is 16.9. The van der Waals surface area contributed by atoms with Gasteiger partial charge in [-0.3, -0.25) is 4.79 Å². The fourth-order valence-electron chi connectivity index (χ4n) is 3.84. The average molecular weight is 383 g/mol. The van der Waals surface area contributed by atoms with Crippen molar-refractivity contribution in [2.24, 2.45) is 0 Å². The standard InChI is InChI=1S/C22H25NO5/c1-13-5-4-6-14(2)20(13)27-17-10-23(11-17)21(24)19-15(3)9-18(28-22(19)25)16-7-8-26-12-16/h4-6,9,16-17H,7-8,10-12H2,1-3H3. The van der Waals surface area contributed by atoms with Crippen LogP contribution in [-0.4, -0.2) is 43.2 Å². The van der Waals surface area contributed by atoms with E-state index in [0.717, 1.165) is 23.3 Å². The van der Waals surface area contributed by atoms with Crippen molar-refractivity contribution in [1.82, 2.24) is 4.90 Å². The molecule has 2 aromatic rings. The molecule has 2 aliphatic rings. The summed E-state index contributed by atoms with van der Waals surface area (Å²) in [4.78, 5) is 26.9. The highest BCUT2D eigenvalue weighted by atomic mass is 16.5. The lowest BCUT2D eigenvalue weighted by atomic mass is 10.0. The van der Waals surface area contributed by atoms with Crippen LogP contribution in [0.25, 0.3) is 0 Å². The number of hydrogen-bond acceptors (Lipinski definition) is 5. The summed E-state index contributed by atoms with van der Waals surface area (Å²) in [7, 11) is 0. The maximum absolute atomic E-state index is 12.8. The van der Waals surface area contributed by atoms with E-state index in [1.165, 1.54) is 0 Å². The number of nitrogens with zero attached hydrogens (tertiary/aromatic N) is 1. The summed E-state index contributed by atoms with van der Waals surface area (Å²) in [5, 5.41) is 0. The van der Waals surface area contributed by atoms with E-state index in [2.05, 4.69) is 0 Å². The van der Waals surface area contributed by atoms with E-state index in [4.69, 9.17) is 13.9 Å². The number of carbonyl (C=O) groups excluding carboxylic acids is 1. The van der Waals surface area contributed by atoms with Gasteiger partial charge < -0.3 is 18.8 Å². The van der Waals surface area contributed by atoms with Crippen LogP contribution in [0.1, 0.15) is 45.1 Å². The van der Waals surface area contributed by atoms with Gasteiger partial charge in [-0.1, -0.05) is 18.2 Å². The second kappa shape index (κ2) is 7.43. The summed E-state index contributed by atoms with van der Waals surface area (Å²) >= 11 is 0. The molecule has 6 nitrogen and oxygen atoms in total. The zero-order valence-corrected chi connectivity index (χ0v) is 16.5. The SMILES string of the molecule is Cc1cccc(C)c1OC1CN(C(=O)c2c(C)cc(C3CCOC3)oc2=O)C1. The van der Waals surface area contributed by atoms with Crippen molar-refractivity contribution < 1.29 is 18.7 Å². The Labute approximate surface area is 164 Å². The molecule has 2 saturated heterocycles. The molecule has 3 heterocycles. The van der Waals surface area contributed by atoms with Gasteiger partial charge in [-0.15, -0.1) is 0 Å². The second-order valence-corrected chi connectivity index (χ2v) is 7.73. The number of amides is 1. The molecular formula is C22H25NO5. The summed E-state index contributed by atoms with van der Waals surface area (Å²) in [5.74, 6) is 1.28. The molecule has 1 atom stereocenters. The third-order valence-electron chi connectivity index (χ3n) is 5.54. The van der Waals surface area contributed by atoms with Crippen LogP contribution in [0.15, 0.2) is 33.5 Å². The van der Waals surface area contributed by atoms with Crippen LogP contribution in [0.5, 0.6) is 5.75 Å². The van der Waals surface area contributed by atoms with Crippen molar-refractivity contribution in [1.29, 1.82) is 0 Å². The smallest absolute Gasteiger partial charge is 0.349 e. The van der Waals surface area contributed by atoms with Crippen molar-refractivity contribution in [3.8, 4) is 5.75 Å². The minimum absolute atomic E-state index is 0.0639. The van der Waals surface area contributed by atoms with Gasteiger partial charge in [0.15, 0.2) is 0 Å². The molecule has 0 radical (unpaired) electrons. The van der Waals surface area contributed by atoms with E-state index in [1.807, 2.05) is 32.0 Å². The number of likely N-dealkylation sites (tertiary alicyclic amines) is 1. The average Bonchev–Trinajstić information content (AvgIpc) is 3.13. The maximum atomic E-state index is 12.8. The molecule has 0 bridgehead atoms. The van der Waals surface area contributed by atoms with Gasteiger partial charge in [-0.2, -0.15) is 0 Å². The lowest BCUT2D eigenvalue weighted by Crippen LogP contribution is -2.57. The fraction of sp³-hybridized carbons (Fsp3) is 0.455. The molecular weight excluding hydrogens is 358 g/mol. The Balaban J connectivity index is 1.44. The highest BCUT2D eigenvalue weighted by Gasteiger charge is 2.35. The predicted octanol–water partition coefficient (Wildman–Crippen LogP) is 2.97. The van der Waals surface area contributed by atoms with Crippen LogP contribution in [0.3, 0.4) is 0 Å². The molecule has 1 amide bonds.